The predicted molar refractivity (Wildman–Crippen MR) is 81.1 cm³/mol. The Labute approximate surface area is 117 Å². The number of para-hydroxylation sites is 1. The van der Waals surface area contributed by atoms with Crippen molar-refractivity contribution in [3.05, 3.63) is 48.0 Å². The van der Waals surface area contributed by atoms with Gasteiger partial charge in [0.1, 0.15) is 0 Å². The fourth-order valence-electron chi connectivity index (χ4n) is 2.85. The molecule has 1 heterocycles. The number of aliphatic carboxylic acids is 1. The summed E-state index contributed by atoms with van der Waals surface area (Å²) in [6.45, 7) is 3.07. The van der Waals surface area contributed by atoms with E-state index in [1.165, 1.54) is 21.8 Å². The van der Waals surface area contributed by atoms with Crippen molar-refractivity contribution in [3.8, 4) is 0 Å². The second-order valence-corrected chi connectivity index (χ2v) is 5.01. The van der Waals surface area contributed by atoms with E-state index >= 15 is 0 Å². The van der Waals surface area contributed by atoms with E-state index in [-0.39, 0.29) is 6.42 Å². The summed E-state index contributed by atoms with van der Waals surface area (Å²) in [4.78, 5) is 10.7. The number of fused-ring (bicyclic) bond motifs is 3. The lowest BCUT2D eigenvalue weighted by Gasteiger charge is -2.03. The van der Waals surface area contributed by atoms with E-state index in [0.717, 1.165) is 12.1 Å². The standard InChI is InChI=1S/C17H17NO2/c1-2-18-15-6-4-3-5-13(15)14-11-12(7-9-16(14)18)8-10-17(19)20/h3-7,9,11H,2,8,10H2,1H3,(H,19,20). The highest BCUT2D eigenvalue weighted by molar-refractivity contribution is 6.08. The Morgan fingerprint density at radius 3 is 2.60 bits per heavy atom. The molecule has 0 aliphatic heterocycles. The van der Waals surface area contributed by atoms with Crippen LogP contribution in [-0.2, 0) is 17.8 Å². The van der Waals surface area contributed by atoms with Gasteiger partial charge in [0.15, 0.2) is 0 Å². The highest BCUT2D eigenvalue weighted by Gasteiger charge is 2.09. The monoisotopic (exact) mass is 267 g/mol. The summed E-state index contributed by atoms with van der Waals surface area (Å²) in [7, 11) is 0. The summed E-state index contributed by atoms with van der Waals surface area (Å²) in [6.07, 6.45) is 0.759. The number of aromatic nitrogens is 1. The van der Waals surface area contributed by atoms with Crippen LogP contribution in [0.15, 0.2) is 42.5 Å². The SMILES string of the molecule is CCn1c2ccccc2c2cc(CCC(=O)O)ccc21. The average molecular weight is 267 g/mol. The van der Waals surface area contributed by atoms with E-state index in [1.54, 1.807) is 0 Å². The number of carboxylic acids is 1. The zero-order chi connectivity index (χ0) is 14.1. The van der Waals surface area contributed by atoms with Gasteiger partial charge in [0.25, 0.3) is 0 Å². The molecule has 3 nitrogen and oxygen atoms in total. The van der Waals surface area contributed by atoms with Gasteiger partial charge in [-0.3, -0.25) is 4.79 Å². The number of carboxylic acid groups (broad SMARTS) is 1. The van der Waals surface area contributed by atoms with Gasteiger partial charge in [0.05, 0.1) is 0 Å². The first-order valence-corrected chi connectivity index (χ1v) is 6.92. The number of aryl methyl sites for hydroxylation is 2. The van der Waals surface area contributed by atoms with Gasteiger partial charge in [-0.15, -0.1) is 0 Å². The first-order valence-electron chi connectivity index (χ1n) is 6.92. The maximum Gasteiger partial charge on any atom is 0.303 e. The minimum atomic E-state index is -0.749. The van der Waals surface area contributed by atoms with Crippen LogP contribution >= 0.6 is 0 Å². The lowest BCUT2D eigenvalue weighted by molar-refractivity contribution is -0.136. The fraction of sp³-hybridized carbons (Fsp3) is 0.235. The van der Waals surface area contributed by atoms with Crippen LogP contribution in [0.3, 0.4) is 0 Å². The van der Waals surface area contributed by atoms with Crippen LogP contribution in [0.25, 0.3) is 21.8 Å². The molecule has 0 fully saturated rings. The Morgan fingerprint density at radius 2 is 1.85 bits per heavy atom. The third-order valence-electron chi connectivity index (χ3n) is 3.78. The third kappa shape index (κ3) is 2.05. The van der Waals surface area contributed by atoms with E-state index in [4.69, 9.17) is 5.11 Å². The Kier molecular flexibility index (Phi) is 3.18. The van der Waals surface area contributed by atoms with Crippen molar-refractivity contribution in [3.63, 3.8) is 0 Å². The normalized spacial score (nSPS) is 11.2. The van der Waals surface area contributed by atoms with Crippen LogP contribution < -0.4 is 0 Å². The second kappa shape index (κ2) is 5.00. The van der Waals surface area contributed by atoms with Gasteiger partial charge in [-0.1, -0.05) is 24.3 Å². The molecule has 0 spiro atoms. The van der Waals surface area contributed by atoms with Crippen LogP contribution in [-0.4, -0.2) is 15.6 Å². The van der Waals surface area contributed by atoms with E-state index in [0.29, 0.717) is 6.42 Å². The molecule has 0 saturated carbocycles. The van der Waals surface area contributed by atoms with Gasteiger partial charge in [-0.2, -0.15) is 0 Å². The Bertz CT molecular complexity index is 786. The summed E-state index contributed by atoms with van der Waals surface area (Å²) in [5.41, 5.74) is 3.53. The molecule has 2 aromatic carbocycles. The van der Waals surface area contributed by atoms with E-state index in [1.807, 2.05) is 12.1 Å². The largest absolute Gasteiger partial charge is 0.481 e. The number of benzene rings is 2. The van der Waals surface area contributed by atoms with Crippen molar-refractivity contribution in [1.82, 2.24) is 4.57 Å². The molecule has 0 bridgehead atoms. The van der Waals surface area contributed by atoms with Crippen molar-refractivity contribution in [2.24, 2.45) is 0 Å². The quantitative estimate of drug-likeness (QED) is 0.780. The van der Waals surface area contributed by atoms with E-state index in [9.17, 15) is 4.79 Å². The molecule has 3 rings (SSSR count). The van der Waals surface area contributed by atoms with Crippen molar-refractivity contribution in [2.45, 2.75) is 26.3 Å². The van der Waals surface area contributed by atoms with Gasteiger partial charge < -0.3 is 9.67 Å². The molecule has 1 N–H and O–H groups in total. The summed E-state index contributed by atoms with van der Waals surface area (Å²) in [5, 5.41) is 11.2. The van der Waals surface area contributed by atoms with Crippen LogP contribution in [0.4, 0.5) is 0 Å². The van der Waals surface area contributed by atoms with Crippen molar-refractivity contribution >= 4 is 27.8 Å². The molecule has 0 radical (unpaired) electrons. The van der Waals surface area contributed by atoms with E-state index in [2.05, 4.69) is 41.8 Å². The molecule has 0 aliphatic rings. The first-order chi connectivity index (χ1) is 9.70. The third-order valence-corrected chi connectivity index (χ3v) is 3.78. The number of carbonyl (C=O) groups is 1. The summed E-state index contributed by atoms with van der Waals surface area (Å²) in [5.74, 6) is -0.749. The Morgan fingerprint density at radius 1 is 1.10 bits per heavy atom. The van der Waals surface area contributed by atoms with Gasteiger partial charge in [-0.25, -0.2) is 0 Å². The molecular formula is C17H17NO2. The smallest absolute Gasteiger partial charge is 0.303 e. The minimum Gasteiger partial charge on any atom is -0.481 e. The Balaban J connectivity index is 2.18. The molecule has 3 aromatic rings. The molecule has 0 unspecified atom stereocenters. The van der Waals surface area contributed by atoms with Crippen molar-refractivity contribution in [2.75, 3.05) is 0 Å². The van der Waals surface area contributed by atoms with Gasteiger partial charge in [-0.05, 0) is 37.1 Å². The highest BCUT2D eigenvalue weighted by atomic mass is 16.4. The van der Waals surface area contributed by atoms with Crippen molar-refractivity contribution < 1.29 is 9.90 Å². The van der Waals surface area contributed by atoms with Crippen LogP contribution in [0, 0.1) is 0 Å². The number of hydrogen-bond acceptors (Lipinski definition) is 1. The molecule has 102 valence electrons. The minimum absolute atomic E-state index is 0.178. The maximum absolute atomic E-state index is 10.7. The molecule has 1 aromatic heterocycles. The topological polar surface area (TPSA) is 42.2 Å². The predicted octanol–water partition coefficient (Wildman–Crippen LogP) is 3.83. The molecule has 20 heavy (non-hydrogen) atoms. The molecule has 3 heteroatoms. The van der Waals surface area contributed by atoms with Gasteiger partial charge in [0.2, 0.25) is 0 Å². The lowest BCUT2D eigenvalue weighted by atomic mass is 10.1. The zero-order valence-corrected chi connectivity index (χ0v) is 11.5. The molecule has 0 amide bonds. The summed E-state index contributed by atoms with van der Waals surface area (Å²) < 4.78 is 2.30. The van der Waals surface area contributed by atoms with Gasteiger partial charge in [0, 0.05) is 34.8 Å². The molecule has 0 atom stereocenters. The van der Waals surface area contributed by atoms with Crippen LogP contribution in [0.1, 0.15) is 18.9 Å². The second-order valence-electron chi connectivity index (χ2n) is 5.01. The molecule has 0 saturated heterocycles. The fourth-order valence-corrected chi connectivity index (χ4v) is 2.85. The lowest BCUT2D eigenvalue weighted by Crippen LogP contribution is -1.97. The van der Waals surface area contributed by atoms with Gasteiger partial charge >= 0.3 is 5.97 Å². The van der Waals surface area contributed by atoms with Crippen molar-refractivity contribution in [1.29, 1.82) is 0 Å². The molecule has 0 aliphatic carbocycles. The number of rotatable bonds is 4. The molecular weight excluding hydrogens is 250 g/mol. The highest BCUT2D eigenvalue weighted by Crippen LogP contribution is 2.29. The number of nitrogens with zero attached hydrogens (tertiary/aromatic N) is 1. The zero-order valence-electron chi connectivity index (χ0n) is 11.5. The first kappa shape index (κ1) is 12.7. The van der Waals surface area contributed by atoms with Crippen LogP contribution in [0.5, 0.6) is 0 Å². The van der Waals surface area contributed by atoms with E-state index < -0.39 is 5.97 Å². The maximum atomic E-state index is 10.7. The number of hydrogen-bond donors (Lipinski definition) is 1. The average Bonchev–Trinajstić information content (AvgIpc) is 2.78. The summed E-state index contributed by atoms with van der Waals surface area (Å²) in [6, 6.07) is 14.6. The summed E-state index contributed by atoms with van der Waals surface area (Å²) >= 11 is 0. The van der Waals surface area contributed by atoms with Crippen LogP contribution in [0.2, 0.25) is 0 Å². The Hall–Kier alpha value is -2.29.